The van der Waals surface area contributed by atoms with Crippen molar-refractivity contribution in [3.8, 4) is 0 Å². The SMILES string of the molecule is Cc1ncc(C(=O)C2C3CNC2C3)s1. The van der Waals surface area contributed by atoms with E-state index in [2.05, 4.69) is 10.3 Å². The van der Waals surface area contributed by atoms with Gasteiger partial charge in [0.2, 0.25) is 0 Å². The molecule has 3 atom stereocenters. The van der Waals surface area contributed by atoms with E-state index in [0.717, 1.165) is 16.4 Å². The highest BCUT2D eigenvalue weighted by molar-refractivity contribution is 7.13. The molecule has 1 aromatic rings. The Kier molecular flexibility index (Phi) is 1.76. The highest BCUT2D eigenvalue weighted by Gasteiger charge is 2.50. The molecule has 2 bridgehead atoms. The van der Waals surface area contributed by atoms with Gasteiger partial charge in [-0.2, -0.15) is 0 Å². The van der Waals surface area contributed by atoms with Gasteiger partial charge in [0, 0.05) is 18.2 Å². The summed E-state index contributed by atoms with van der Waals surface area (Å²) in [6.45, 7) is 2.97. The van der Waals surface area contributed by atoms with Gasteiger partial charge in [-0.3, -0.25) is 4.79 Å². The van der Waals surface area contributed by atoms with E-state index < -0.39 is 0 Å². The van der Waals surface area contributed by atoms with Gasteiger partial charge in [0.25, 0.3) is 0 Å². The summed E-state index contributed by atoms with van der Waals surface area (Å²) < 4.78 is 0. The zero-order chi connectivity index (χ0) is 9.71. The van der Waals surface area contributed by atoms with Crippen LogP contribution in [-0.4, -0.2) is 23.4 Å². The lowest BCUT2D eigenvalue weighted by Gasteiger charge is -2.32. The van der Waals surface area contributed by atoms with Gasteiger partial charge in [0.1, 0.15) is 0 Å². The first-order valence-corrected chi connectivity index (χ1v) is 5.77. The highest BCUT2D eigenvalue weighted by atomic mass is 32.1. The smallest absolute Gasteiger partial charge is 0.179 e. The van der Waals surface area contributed by atoms with Crippen LogP contribution in [0, 0.1) is 18.8 Å². The Balaban J connectivity index is 1.83. The maximum atomic E-state index is 12.0. The van der Waals surface area contributed by atoms with Crippen LogP contribution in [0.2, 0.25) is 0 Å². The monoisotopic (exact) mass is 208 g/mol. The van der Waals surface area contributed by atoms with Crippen molar-refractivity contribution in [1.82, 2.24) is 10.3 Å². The molecule has 0 radical (unpaired) electrons. The maximum absolute atomic E-state index is 12.0. The zero-order valence-corrected chi connectivity index (χ0v) is 8.80. The predicted octanol–water partition coefficient (Wildman–Crippen LogP) is 1.24. The number of hydrogen-bond donors (Lipinski definition) is 1. The van der Waals surface area contributed by atoms with Gasteiger partial charge in [-0.1, -0.05) is 0 Å². The topological polar surface area (TPSA) is 42.0 Å². The number of ketones is 1. The Morgan fingerprint density at radius 2 is 2.57 bits per heavy atom. The fourth-order valence-corrected chi connectivity index (χ4v) is 3.28. The molecule has 0 aromatic carbocycles. The first-order valence-electron chi connectivity index (χ1n) is 4.96. The Morgan fingerprint density at radius 1 is 1.71 bits per heavy atom. The van der Waals surface area contributed by atoms with Gasteiger partial charge in [0.15, 0.2) is 5.78 Å². The summed E-state index contributed by atoms with van der Waals surface area (Å²) in [7, 11) is 0. The molecular formula is C10H12N2OS. The fourth-order valence-electron chi connectivity index (χ4n) is 2.51. The minimum Gasteiger partial charge on any atom is -0.313 e. The van der Waals surface area contributed by atoms with E-state index in [9.17, 15) is 4.79 Å². The number of carbonyl (C=O) groups is 1. The Bertz CT molecular complexity index is 373. The first-order chi connectivity index (χ1) is 6.75. The van der Waals surface area contributed by atoms with E-state index >= 15 is 0 Å². The second-order valence-electron chi connectivity index (χ2n) is 4.14. The minimum absolute atomic E-state index is 0.245. The summed E-state index contributed by atoms with van der Waals surface area (Å²) in [5.74, 6) is 1.15. The van der Waals surface area contributed by atoms with Gasteiger partial charge in [-0.05, 0) is 25.8 Å². The average molecular weight is 208 g/mol. The van der Waals surface area contributed by atoms with Gasteiger partial charge in [-0.15, -0.1) is 11.3 Å². The highest BCUT2D eigenvalue weighted by Crippen LogP contribution is 2.42. The van der Waals surface area contributed by atoms with Crippen molar-refractivity contribution in [3.05, 3.63) is 16.1 Å². The molecule has 1 aromatic heterocycles. The molecule has 0 amide bonds. The van der Waals surface area contributed by atoms with E-state index in [4.69, 9.17) is 0 Å². The van der Waals surface area contributed by atoms with Crippen LogP contribution in [0.4, 0.5) is 0 Å². The van der Waals surface area contributed by atoms with E-state index in [1.165, 1.54) is 17.8 Å². The number of Topliss-reactive ketones (excluding diaryl/α,β-unsaturated/α-hetero) is 1. The third kappa shape index (κ3) is 1.07. The molecule has 1 aliphatic carbocycles. The molecule has 0 spiro atoms. The first kappa shape index (κ1) is 8.56. The molecule has 3 nitrogen and oxygen atoms in total. The number of hydrogen-bond acceptors (Lipinski definition) is 4. The van der Waals surface area contributed by atoms with Crippen molar-refractivity contribution in [2.24, 2.45) is 11.8 Å². The standard InChI is InChI=1S/C10H12N2OS/c1-5-11-4-8(14-5)10(13)9-6-2-7(9)12-3-6/h4,6-7,9,12H,2-3H2,1H3. The number of carbonyl (C=O) groups excluding carboxylic acids is 1. The van der Waals surface area contributed by atoms with Crippen molar-refractivity contribution < 1.29 is 4.79 Å². The van der Waals surface area contributed by atoms with Crippen molar-refractivity contribution >= 4 is 17.1 Å². The lowest BCUT2D eigenvalue weighted by molar-refractivity contribution is 0.0789. The summed E-state index contributed by atoms with van der Waals surface area (Å²) in [5.41, 5.74) is 0. The molecule has 1 N–H and O–H groups in total. The van der Waals surface area contributed by atoms with Gasteiger partial charge in [-0.25, -0.2) is 4.98 Å². The fraction of sp³-hybridized carbons (Fsp3) is 0.600. The Morgan fingerprint density at radius 3 is 3.07 bits per heavy atom. The summed E-state index contributed by atoms with van der Waals surface area (Å²) in [6, 6.07) is 0.454. The lowest BCUT2D eigenvalue weighted by atomic mass is 9.71. The van der Waals surface area contributed by atoms with Gasteiger partial charge in [0.05, 0.1) is 9.88 Å². The second-order valence-corrected chi connectivity index (χ2v) is 5.38. The van der Waals surface area contributed by atoms with Crippen molar-refractivity contribution in [2.45, 2.75) is 19.4 Å². The van der Waals surface area contributed by atoms with Gasteiger partial charge >= 0.3 is 0 Å². The predicted molar refractivity (Wildman–Crippen MR) is 54.6 cm³/mol. The number of fused-ring (bicyclic) bond motifs is 1. The number of aromatic nitrogens is 1. The van der Waals surface area contributed by atoms with Crippen LogP contribution in [0.15, 0.2) is 6.20 Å². The van der Waals surface area contributed by atoms with E-state index in [1.807, 2.05) is 6.92 Å². The number of nitrogens with zero attached hydrogens (tertiary/aromatic N) is 1. The molecule has 14 heavy (non-hydrogen) atoms. The lowest BCUT2D eigenvalue weighted by Crippen LogP contribution is -2.42. The second kappa shape index (κ2) is 2.87. The summed E-state index contributed by atoms with van der Waals surface area (Å²) in [6.07, 6.45) is 2.91. The molecular weight excluding hydrogens is 196 g/mol. The third-order valence-corrected chi connectivity index (χ3v) is 4.23. The summed E-state index contributed by atoms with van der Waals surface area (Å²) in [5, 5.41) is 4.34. The van der Waals surface area contributed by atoms with Crippen LogP contribution in [0.25, 0.3) is 0 Å². The molecule has 74 valence electrons. The zero-order valence-electron chi connectivity index (χ0n) is 7.99. The Labute approximate surface area is 86.5 Å². The normalized spacial score (nSPS) is 34.2. The molecule has 3 aliphatic rings. The number of nitrogens with one attached hydrogen (secondary N) is 1. The molecule has 4 rings (SSSR count). The van der Waals surface area contributed by atoms with Crippen LogP contribution in [0.3, 0.4) is 0 Å². The molecule has 3 fully saturated rings. The largest absolute Gasteiger partial charge is 0.313 e. The molecule has 3 unspecified atom stereocenters. The maximum Gasteiger partial charge on any atom is 0.179 e. The molecule has 1 saturated carbocycles. The van der Waals surface area contributed by atoms with Crippen LogP contribution >= 0.6 is 11.3 Å². The number of rotatable bonds is 2. The Hall–Kier alpha value is -0.740. The van der Waals surface area contributed by atoms with Crippen LogP contribution in [0.5, 0.6) is 0 Å². The van der Waals surface area contributed by atoms with E-state index in [1.54, 1.807) is 6.20 Å². The van der Waals surface area contributed by atoms with Crippen molar-refractivity contribution in [2.75, 3.05) is 6.54 Å². The van der Waals surface area contributed by atoms with E-state index in [0.29, 0.717) is 17.7 Å². The third-order valence-electron chi connectivity index (χ3n) is 3.31. The average Bonchev–Trinajstić information content (AvgIpc) is 2.75. The van der Waals surface area contributed by atoms with Crippen molar-refractivity contribution in [3.63, 3.8) is 0 Å². The number of thiazole rings is 1. The molecule has 3 heterocycles. The molecule has 2 saturated heterocycles. The number of aryl methyl sites for hydroxylation is 1. The van der Waals surface area contributed by atoms with E-state index in [-0.39, 0.29) is 5.92 Å². The quantitative estimate of drug-likeness (QED) is 0.744. The van der Waals surface area contributed by atoms with Gasteiger partial charge < -0.3 is 5.32 Å². The van der Waals surface area contributed by atoms with Crippen LogP contribution < -0.4 is 5.32 Å². The summed E-state index contributed by atoms with van der Waals surface area (Å²) >= 11 is 1.52. The molecule has 4 heteroatoms. The minimum atomic E-state index is 0.245. The van der Waals surface area contributed by atoms with Crippen LogP contribution in [0.1, 0.15) is 21.1 Å². The van der Waals surface area contributed by atoms with Crippen LogP contribution in [-0.2, 0) is 0 Å². The van der Waals surface area contributed by atoms with Crippen molar-refractivity contribution in [1.29, 1.82) is 0 Å². The summed E-state index contributed by atoms with van der Waals surface area (Å²) in [4.78, 5) is 17.0. The molecule has 2 aliphatic heterocycles.